The van der Waals surface area contributed by atoms with E-state index in [0.29, 0.717) is 6.42 Å². The first kappa shape index (κ1) is 16.5. The maximum atomic E-state index is 11.6. The molecule has 1 aliphatic heterocycles. The summed E-state index contributed by atoms with van der Waals surface area (Å²) in [7, 11) is 0. The normalized spacial score (nSPS) is 19.4. The number of rotatable bonds is 11. The maximum absolute atomic E-state index is 11.6. The van der Waals surface area contributed by atoms with Crippen LogP contribution in [-0.2, 0) is 4.79 Å². The summed E-state index contributed by atoms with van der Waals surface area (Å²) in [5, 5.41) is 9.05. The number of unbranched alkanes of at least 4 members (excludes halogenated alkanes) is 8. The zero-order valence-corrected chi connectivity index (χ0v) is 12.6. The summed E-state index contributed by atoms with van der Waals surface area (Å²) in [4.78, 5) is 13.6. The molecule has 1 amide bonds. The molecule has 1 unspecified atom stereocenters. The first-order valence-corrected chi connectivity index (χ1v) is 8.16. The Labute approximate surface area is 118 Å². The van der Waals surface area contributed by atoms with Crippen molar-refractivity contribution in [3.8, 4) is 0 Å². The topological polar surface area (TPSA) is 40.5 Å². The van der Waals surface area contributed by atoms with Crippen LogP contribution in [0.15, 0.2) is 0 Å². The number of carbonyl (C=O) groups excluding carboxylic acids is 1. The number of amides is 1. The fourth-order valence-electron chi connectivity index (χ4n) is 2.81. The minimum atomic E-state index is 0.153. The Balaban J connectivity index is 1.90. The Hall–Kier alpha value is -0.570. The van der Waals surface area contributed by atoms with E-state index in [-0.39, 0.29) is 18.4 Å². The molecule has 3 nitrogen and oxygen atoms in total. The summed E-state index contributed by atoms with van der Waals surface area (Å²) in [5.41, 5.74) is 0. The lowest BCUT2D eigenvalue weighted by Crippen LogP contribution is -2.26. The van der Waals surface area contributed by atoms with E-state index in [1.54, 1.807) is 0 Å². The van der Waals surface area contributed by atoms with Crippen molar-refractivity contribution in [2.45, 2.75) is 71.1 Å². The van der Waals surface area contributed by atoms with Crippen molar-refractivity contribution >= 4 is 5.91 Å². The fourth-order valence-corrected chi connectivity index (χ4v) is 2.81. The second kappa shape index (κ2) is 10.2. The Morgan fingerprint density at radius 1 is 1.05 bits per heavy atom. The molecule has 19 heavy (non-hydrogen) atoms. The summed E-state index contributed by atoms with van der Waals surface area (Å²) in [6, 6.07) is 0. The molecule has 1 fully saturated rings. The van der Waals surface area contributed by atoms with Crippen LogP contribution >= 0.6 is 0 Å². The van der Waals surface area contributed by atoms with Crippen molar-refractivity contribution < 1.29 is 9.90 Å². The first-order valence-electron chi connectivity index (χ1n) is 8.16. The number of nitrogens with zero attached hydrogens (tertiary/aromatic N) is 1. The number of hydrogen-bond donors (Lipinski definition) is 1. The molecule has 0 spiro atoms. The van der Waals surface area contributed by atoms with E-state index in [1.807, 2.05) is 4.90 Å². The second-order valence-corrected chi connectivity index (χ2v) is 5.92. The minimum Gasteiger partial charge on any atom is -0.396 e. The number of likely N-dealkylation sites (tertiary alicyclic amines) is 1. The number of aliphatic hydroxyl groups excluding tert-OH is 1. The fraction of sp³-hybridized carbons (Fsp3) is 0.938. The van der Waals surface area contributed by atoms with Crippen molar-refractivity contribution in [3.63, 3.8) is 0 Å². The zero-order valence-electron chi connectivity index (χ0n) is 12.6. The molecule has 0 aliphatic carbocycles. The van der Waals surface area contributed by atoms with Crippen molar-refractivity contribution in [2.75, 3.05) is 19.7 Å². The highest BCUT2D eigenvalue weighted by Crippen LogP contribution is 2.18. The molecule has 1 heterocycles. The van der Waals surface area contributed by atoms with Gasteiger partial charge in [0.15, 0.2) is 0 Å². The van der Waals surface area contributed by atoms with Crippen LogP contribution < -0.4 is 0 Å². The lowest BCUT2D eigenvalue weighted by atomic mass is 10.1. The van der Waals surface area contributed by atoms with Crippen LogP contribution in [0.1, 0.15) is 71.1 Å². The second-order valence-electron chi connectivity index (χ2n) is 5.92. The molecular formula is C16H31NO2. The molecule has 112 valence electrons. The highest BCUT2D eigenvalue weighted by Gasteiger charge is 2.28. The van der Waals surface area contributed by atoms with E-state index in [4.69, 9.17) is 5.11 Å². The molecule has 1 atom stereocenters. The van der Waals surface area contributed by atoms with Crippen molar-refractivity contribution in [3.05, 3.63) is 0 Å². The van der Waals surface area contributed by atoms with Crippen LogP contribution in [0.2, 0.25) is 0 Å². The van der Waals surface area contributed by atoms with Gasteiger partial charge in [-0.2, -0.15) is 0 Å². The third-order valence-electron chi connectivity index (χ3n) is 4.08. The van der Waals surface area contributed by atoms with Gasteiger partial charge in [-0.25, -0.2) is 0 Å². The van der Waals surface area contributed by atoms with Crippen LogP contribution in [0.5, 0.6) is 0 Å². The number of aliphatic hydroxyl groups is 1. The summed E-state index contributed by atoms with van der Waals surface area (Å²) >= 11 is 0. The Morgan fingerprint density at radius 3 is 2.16 bits per heavy atom. The zero-order chi connectivity index (χ0) is 13.9. The monoisotopic (exact) mass is 269 g/mol. The van der Waals surface area contributed by atoms with E-state index < -0.39 is 0 Å². The summed E-state index contributed by atoms with van der Waals surface area (Å²) in [6.45, 7) is 4.07. The van der Waals surface area contributed by atoms with Crippen LogP contribution in [0.25, 0.3) is 0 Å². The van der Waals surface area contributed by atoms with Crippen LogP contribution in [-0.4, -0.2) is 35.6 Å². The molecule has 0 radical (unpaired) electrons. The van der Waals surface area contributed by atoms with Gasteiger partial charge in [-0.15, -0.1) is 0 Å². The molecule has 1 saturated heterocycles. The third-order valence-corrected chi connectivity index (χ3v) is 4.08. The van der Waals surface area contributed by atoms with Crippen LogP contribution in [0.3, 0.4) is 0 Å². The highest BCUT2D eigenvalue weighted by molar-refractivity contribution is 5.78. The van der Waals surface area contributed by atoms with E-state index in [0.717, 1.165) is 19.5 Å². The standard InChI is InChI=1S/C16H31NO2/c1-2-3-4-5-6-7-8-9-10-11-17-13-15(14-18)12-16(17)19/h15,18H,2-14H2,1H3. The van der Waals surface area contributed by atoms with E-state index >= 15 is 0 Å². The molecule has 0 aromatic heterocycles. The predicted molar refractivity (Wildman–Crippen MR) is 79.0 cm³/mol. The maximum Gasteiger partial charge on any atom is 0.223 e. The lowest BCUT2D eigenvalue weighted by Gasteiger charge is -2.15. The quantitative estimate of drug-likeness (QED) is 0.584. The van der Waals surface area contributed by atoms with Crippen molar-refractivity contribution in [1.29, 1.82) is 0 Å². The lowest BCUT2D eigenvalue weighted by molar-refractivity contribution is -0.127. The summed E-state index contributed by atoms with van der Waals surface area (Å²) in [5.74, 6) is 0.421. The Bertz CT molecular complexity index is 243. The number of carbonyl (C=O) groups is 1. The van der Waals surface area contributed by atoms with E-state index in [1.165, 1.54) is 51.4 Å². The van der Waals surface area contributed by atoms with Crippen molar-refractivity contribution in [1.82, 2.24) is 4.90 Å². The van der Waals surface area contributed by atoms with Gasteiger partial charge in [-0.3, -0.25) is 4.79 Å². The summed E-state index contributed by atoms with van der Waals surface area (Å²) < 4.78 is 0. The molecule has 1 aliphatic rings. The molecule has 0 aromatic rings. The molecule has 0 saturated carbocycles. The van der Waals surface area contributed by atoms with Gasteiger partial charge in [0.05, 0.1) is 0 Å². The van der Waals surface area contributed by atoms with Gasteiger partial charge in [0.2, 0.25) is 5.91 Å². The predicted octanol–water partition coefficient (Wildman–Crippen LogP) is 3.36. The van der Waals surface area contributed by atoms with Crippen LogP contribution in [0, 0.1) is 5.92 Å². The van der Waals surface area contributed by atoms with Gasteiger partial charge >= 0.3 is 0 Å². The SMILES string of the molecule is CCCCCCCCCCCN1CC(CO)CC1=O. The molecule has 1 N–H and O–H groups in total. The molecule has 1 rings (SSSR count). The molecule has 0 bridgehead atoms. The summed E-state index contributed by atoms with van der Waals surface area (Å²) in [6.07, 6.45) is 12.4. The van der Waals surface area contributed by atoms with Crippen LogP contribution in [0.4, 0.5) is 0 Å². The smallest absolute Gasteiger partial charge is 0.223 e. The first-order chi connectivity index (χ1) is 9.27. The van der Waals surface area contributed by atoms with Gasteiger partial charge in [0.25, 0.3) is 0 Å². The van der Waals surface area contributed by atoms with Gasteiger partial charge in [0, 0.05) is 32.0 Å². The van der Waals surface area contributed by atoms with E-state index in [2.05, 4.69) is 6.92 Å². The average molecular weight is 269 g/mol. The highest BCUT2D eigenvalue weighted by atomic mass is 16.3. The Kier molecular flexibility index (Phi) is 8.89. The van der Waals surface area contributed by atoms with Crippen molar-refractivity contribution in [2.24, 2.45) is 5.92 Å². The Morgan fingerprint density at radius 2 is 1.63 bits per heavy atom. The van der Waals surface area contributed by atoms with Gasteiger partial charge < -0.3 is 10.0 Å². The number of hydrogen-bond acceptors (Lipinski definition) is 2. The molecule has 0 aromatic carbocycles. The van der Waals surface area contributed by atoms with Gasteiger partial charge in [-0.1, -0.05) is 58.3 Å². The van der Waals surface area contributed by atoms with E-state index in [9.17, 15) is 4.79 Å². The minimum absolute atomic E-state index is 0.153. The molecule has 3 heteroatoms. The molecular weight excluding hydrogens is 238 g/mol. The van der Waals surface area contributed by atoms with Gasteiger partial charge in [-0.05, 0) is 6.42 Å². The third kappa shape index (κ3) is 6.95. The average Bonchev–Trinajstić information content (AvgIpc) is 2.78. The van der Waals surface area contributed by atoms with Gasteiger partial charge in [0.1, 0.15) is 0 Å². The largest absolute Gasteiger partial charge is 0.396 e.